The smallest absolute Gasteiger partial charge is 0.355 e. The van der Waals surface area contributed by atoms with Crippen molar-refractivity contribution in [2.75, 3.05) is 11.9 Å². The molecule has 0 radical (unpaired) electrons. The standard InChI is InChI=1S/C12H12FNO4/c1-2-18-12(17)10(7-11(15)16)14-9-5-3-8(13)4-6-9/h3-7,14H,2H2,1H3,(H,15,16). The molecule has 0 amide bonds. The summed E-state index contributed by atoms with van der Waals surface area (Å²) in [6.45, 7) is 1.73. The first-order chi connectivity index (χ1) is 8.52. The number of hydrogen-bond acceptors (Lipinski definition) is 4. The Balaban J connectivity index is 2.88. The van der Waals surface area contributed by atoms with E-state index >= 15 is 0 Å². The highest BCUT2D eigenvalue weighted by Crippen LogP contribution is 2.12. The van der Waals surface area contributed by atoms with Gasteiger partial charge < -0.3 is 15.2 Å². The third kappa shape index (κ3) is 4.25. The molecule has 0 bridgehead atoms. The van der Waals surface area contributed by atoms with Crippen LogP contribution in [0.2, 0.25) is 0 Å². The highest BCUT2D eigenvalue weighted by molar-refractivity contribution is 5.98. The van der Waals surface area contributed by atoms with Crippen molar-refractivity contribution in [1.82, 2.24) is 0 Å². The second-order valence-corrected chi connectivity index (χ2v) is 3.25. The van der Waals surface area contributed by atoms with E-state index in [2.05, 4.69) is 5.32 Å². The molecule has 0 saturated heterocycles. The van der Waals surface area contributed by atoms with E-state index in [4.69, 9.17) is 9.84 Å². The molecule has 1 rings (SSSR count). The molecule has 0 saturated carbocycles. The molecular weight excluding hydrogens is 241 g/mol. The van der Waals surface area contributed by atoms with Crippen molar-refractivity contribution in [3.05, 3.63) is 41.9 Å². The molecule has 0 aliphatic carbocycles. The van der Waals surface area contributed by atoms with Gasteiger partial charge in [-0.2, -0.15) is 0 Å². The predicted molar refractivity (Wildman–Crippen MR) is 62.4 cm³/mol. The van der Waals surface area contributed by atoms with Gasteiger partial charge in [0.25, 0.3) is 0 Å². The minimum atomic E-state index is -1.28. The van der Waals surface area contributed by atoms with Crippen molar-refractivity contribution in [1.29, 1.82) is 0 Å². The Kier molecular flexibility index (Phi) is 4.86. The third-order valence-corrected chi connectivity index (χ3v) is 1.89. The SMILES string of the molecule is CCOC(=O)C(=CC(=O)O)Nc1ccc(F)cc1. The van der Waals surface area contributed by atoms with Gasteiger partial charge in [0.15, 0.2) is 0 Å². The summed E-state index contributed by atoms with van der Waals surface area (Å²) < 4.78 is 17.4. The minimum Gasteiger partial charge on any atom is -0.478 e. The lowest BCUT2D eigenvalue weighted by Crippen LogP contribution is -2.16. The normalized spacial score (nSPS) is 10.9. The summed E-state index contributed by atoms with van der Waals surface area (Å²) >= 11 is 0. The molecule has 0 aliphatic rings. The van der Waals surface area contributed by atoms with E-state index in [1.54, 1.807) is 6.92 Å². The average Bonchev–Trinajstić information content (AvgIpc) is 2.31. The van der Waals surface area contributed by atoms with Crippen LogP contribution in [0.25, 0.3) is 0 Å². The van der Waals surface area contributed by atoms with Crippen molar-refractivity contribution < 1.29 is 23.8 Å². The molecule has 5 nitrogen and oxygen atoms in total. The maximum atomic E-state index is 12.7. The van der Waals surface area contributed by atoms with Crippen LogP contribution in [0.1, 0.15) is 6.92 Å². The van der Waals surface area contributed by atoms with Gasteiger partial charge in [0, 0.05) is 5.69 Å². The summed E-state index contributed by atoms with van der Waals surface area (Å²) in [5.41, 5.74) is 0.160. The number of anilines is 1. The number of aliphatic carboxylic acids is 1. The number of ether oxygens (including phenoxy) is 1. The Bertz CT molecular complexity index is 467. The first kappa shape index (κ1) is 13.7. The molecule has 1 aromatic rings. The van der Waals surface area contributed by atoms with Crippen molar-refractivity contribution in [3.63, 3.8) is 0 Å². The first-order valence-electron chi connectivity index (χ1n) is 5.17. The molecule has 96 valence electrons. The molecule has 2 N–H and O–H groups in total. The van der Waals surface area contributed by atoms with E-state index < -0.39 is 17.8 Å². The average molecular weight is 253 g/mol. The Morgan fingerprint density at radius 2 is 2.00 bits per heavy atom. The molecule has 18 heavy (non-hydrogen) atoms. The number of hydrogen-bond donors (Lipinski definition) is 2. The van der Waals surface area contributed by atoms with Crippen LogP contribution < -0.4 is 5.32 Å². The second kappa shape index (κ2) is 6.39. The van der Waals surface area contributed by atoms with Gasteiger partial charge in [-0.1, -0.05) is 0 Å². The molecule has 0 aromatic heterocycles. The van der Waals surface area contributed by atoms with E-state index in [0.29, 0.717) is 11.8 Å². The van der Waals surface area contributed by atoms with E-state index in [0.717, 1.165) is 0 Å². The van der Waals surface area contributed by atoms with Crippen LogP contribution in [0.5, 0.6) is 0 Å². The lowest BCUT2D eigenvalue weighted by Gasteiger charge is -2.09. The lowest BCUT2D eigenvalue weighted by atomic mass is 10.3. The number of carbonyl (C=O) groups excluding carboxylic acids is 1. The topological polar surface area (TPSA) is 75.6 Å². The highest BCUT2D eigenvalue weighted by atomic mass is 19.1. The van der Waals surface area contributed by atoms with Gasteiger partial charge in [-0.25, -0.2) is 14.0 Å². The van der Waals surface area contributed by atoms with Gasteiger partial charge in [-0.05, 0) is 31.2 Å². The van der Waals surface area contributed by atoms with Gasteiger partial charge in [-0.15, -0.1) is 0 Å². The maximum absolute atomic E-state index is 12.7. The van der Waals surface area contributed by atoms with Gasteiger partial charge >= 0.3 is 11.9 Å². The number of esters is 1. The van der Waals surface area contributed by atoms with Crippen LogP contribution in [0, 0.1) is 5.82 Å². The Morgan fingerprint density at radius 1 is 1.39 bits per heavy atom. The molecule has 6 heteroatoms. The molecule has 0 aliphatic heterocycles. The van der Waals surface area contributed by atoms with Crippen LogP contribution in [0.15, 0.2) is 36.0 Å². The molecule has 0 spiro atoms. The largest absolute Gasteiger partial charge is 0.478 e. The summed E-state index contributed by atoms with van der Waals surface area (Å²) in [7, 11) is 0. The van der Waals surface area contributed by atoms with Crippen molar-refractivity contribution in [3.8, 4) is 0 Å². The van der Waals surface area contributed by atoms with E-state index in [1.807, 2.05) is 0 Å². The third-order valence-electron chi connectivity index (χ3n) is 1.89. The zero-order valence-electron chi connectivity index (χ0n) is 9.64. The zero-order valence-corrected chi connectivity index (χ0v) is 9.64. The number of halogens is 1. The number of carbonyl (C=O) groups is 2. The van der Waals surface area contributed by atoms with E-state index in [9.17, 15) is 14.0 Å². The molecule has 0 fully saturated rings. The Morgan fingerprint density at radius 3 is 2.50 bits per heavy atom. The minimum absolute atomic E-state index is 0.126. The summed E-state index contributed by atoms with van der Waals surface area (Å²) in [6.07, 6.45) is 0.696. The van der Waals surface area contributed by atoms with Gasteiger partial charge in [-0.3, -0.25) is 0 Å². The number of benzene rings is 1. The first-order valence-corrected chi connectivity index (χ1v) is 5.17. The van der Waals surface area contributed by atoms with Gasteiger partial charge in [0.1, 0.15) is 11.5 Å². The van der Waals surface area contributed by atoms with Crippen LogP contribution in [0.3, 0.4) is 0 Å². The van der Waals surface area contributed by atoms with E-state index in [1.165, 1.54) is 24.3 Å². The fourth-order valence-electron chi connectivity index (χ4n) is 1.17. The fourth-order valence-corrected chi connectivity index (χ4v) is 1.17. The monoisotopic (exact) mass is 253 g/mol. The number of carboxylic acids is 1. The van der Waals surface area contributed by atoms with Gasteiger partial charge in [0.2, 0.25) is 0 Å². The van der Waals surface area contributed by atoms with Crippen molar-refractivity contribution in [2.45, 2.75) is 6.92 Å². The Labute approximate surface area is 103 Å². The predicted octanol–water partition coefficient (Wildman–Crippen LogP) is 1.77. The highest BCUT2D eigenvalue weighted by Gasteiger charge is 2.12. The molecular formula is C12H12FNO4. The van der Waals surface area contributed by atoms with Crippen LogP contribution in [-0.4, -0.2) is 23.7 Å². The zero-order chi connectivity index (χ0) is 13.5. The summed E-state index contributed by atoms with van der Waals surface area (Å²) in [5.74, 6) is -2.50. The van der Waals surface area contributed by atoms with Crippen LogP contribution in [-0.2, 0) is 14.3 Å². The maximum Gasteiger partial charge on any atom is 0.355 e. The number of rotatable bonds is 5. The van der Waals surface area contributed by atoms with Crippen molar-refractivity contribution in [2.24, 2.45) is 0 Å². The Hall–Kier alpha value is -2.37. The summed E-state index contributed by atoms with van der Waals surface area (Å²) in [5, 5.41) is 11.2. The molecule has 0 unspecified atom stereocenters. The number of nitrogens with one attached hydrogen (secondary N) is 1. The van der Waals surface area contributed by atoms with Crippen LogP contribution in [0.4, 0.5) is 10.1 Å². The quantitative estimate of drug-likeness (QED) is 0.617. The van der Waals surface area contributed by atoms with Crippen molar-refractivity contribution >= 4 is 17.6 Å². The fraction of sp³-hybridized carbons (Fsp3) is 0.167. The summed E-state index contributed by atoms with van der Waals surface area (Å²) in [4.78, 5) is 22.0. The van der Waals surface area contributed by atoms with Crippen LogP contribution >= 0.6 is 0 Å². The van der Waals surface area contributed by atoms with E-state index in [-0.39, 0.29) is 12.3 Å². The molecule has 0 atom stereocenters. The lowest BCUT2D eigenvalue weighted by molar-refractivity contribution is -0.139. The molecule has 0 heterocycles. The second-order valence-electron chi connectivity index (χ2n) is 3.25. The molecule has 1 aromatic carbocycles. The number of carboxylic acid groups (broad SMARTS) is 1. The summed E-state index contributed by atoms with van der Waals surface area (Å²) in [6, 6.07) is 5.13. The van der Waals surface area contributed by atoms with Gasteiger partial charge in [0.05, 0.1) is 12.7 Å².